The van der Waals surface area contributed by atoms with Crippen LogP contribution in [0.2, 0.25) is 0 Å². The van der Waals surface area contributed by atoms with Crippen LogP contribution in [0, 0.1) is 6.92 Å². The minimum absolute atomic E-state index is 0.200. The maximum Gasteiger partial charge on any atom is 0.329 e. The number of rotatable bonds is 4. The molecule has 2 N–H and O–H groups in total. The van der Waals surface area contributed by atoms with Crippen molar-refractivity contribution >= 4 is 11.8 Å². The highest BCUT2D eigenvalue weighted by molar-refractivity contribution is 5.82. The lowest BCUT2D eigenvalue weighted by Gasteiger charge is -2.34. The summed E-state index contributed by atoms with van der Waals surface area (Å²) in [4.78, 5) is 20.4. The Kier molecular flexibility index (Phi) is 4.23. The third-order valence-electron chi connectivity index (χ3n) is 3.51. The van der Waals surface area contributed by atoms with E-state index >= 15 is 0 Å². The van der Waals surface area contributed by atoms with Crippen LogP contribution in [0.1, 0.15) is 44.1 Å². The fraction of sp³-hybridized carbons (Fsp3) is 0.643. The standard InChI is InChI=1S/C14H21N3O3/c1-9(2)12-15-10(3)8-11(16-12)17-14(13(18)19)4-6-20-7-5-14/h8-9H,4-7H2,1-3H3,(H,18,19)(H,15,16,17). The lowest BCUT2D eigenvalue weighted by atomic mass is 9.90. The second kappa shape index (κ2) is 5.75. The zero-order valence-electron chi connectivity index (χ0n) is 12.1. The third-order valence-corrected chi connectivity index (χ3v) is 3.51. The Morgan fingerprint density at radius 1 is 1.40 bits per heavy atom. The predicted octanol–water partition coefficient (Wildman–Crippen LogP) is 1.95. The molecule has 1 aromatic rings. The minimum atomic E-state index is -0.993. The molecule has 110 valence electrons. The number of aliphatic carboxylic acids is 1. The van der Waals surface area contributed by atoms with Crippen molar-refractivity contribution in [2.45, 2.75) is 45.1 Å². The van der Waals surface area contributed by atoms with Gasteiger partial charge in [-0.25, -0.2) is 14.8 Å². The normalized spacial score (nSPS) is 18.0. The number of aromatic nitrogens is 2. The molecule has 6 heteroatoms. The van der Waals surface area contributed by atoms with Crippen molar-refractivity contribution in [1.82, 2.24) is 9.97 Å². The monoisotopic (exact) mass is 279 g/mol. The summed E-state index contributed by atoms with van der Waals surface area (Å²) in [5.41, 5.74) is -0.161. The predicted molar refractivity (Wildman–Crippen MR) is 74.9 cm³/mol. The summed E-state index contributed by atoms with van der Waals surface area (Å²) in [6, 6.07) is 1.78. The first-order valence-electron chi connectivity index (χ1n) is 6.88. The summed E-state index contributed by atoms with van der Waals surface area (Å²) in [5.74, 6) is 0.639. The molecule has 1 aliphatic heterocycles. The number of carbonyl (C=O) groups is 1. The third kappa shape index (κ3) is 3.07. The van der Waals surface area contributed by atoms with Crippen molar-refractivity contribution in [2.24, 2.45) is 0 Å². The van der Waals surface area contributed by atoms with Gasteiger partial charge in [0.05, 0.1) is 0 Å². The van der Waals surface area contributed by atoms with Gasteiger partial charge in [0.15, 0.2) is 0 Å². The van der Waals surface area contributed by atoms with Crippen molar-refractivity contribution in [1.29, 1.82) is 0 Å². The van der Waals surface area contributed by atoms with E-state index < -0.39 is 11.5 Å². The van der Waals surface area contributed by atoms with E-state index in [-0.39, 0.29) is 5.92 Å². The van der Waals surface area contributed by atoms with Crippen LogP contribution in [-0.4, -0.2) is 39.8 Å². The first-order chi connectivity index (χ1) is 9.43. The van der Waals surface area contributed by atoms with Gasteiger partial charge in [-0.3, -0.25) is 0 Å². The first kappa shape index (κ1) is 14.7. The number of hydrogen-bond acceptors (Lipinski definition) is 5. The van der Waals surface area contributed by atoms with Crippen molar-refractivity contribution < 1.29 is 14.6 Å². The Labute approximate surface area is 118 Å². The maximum atomic E-state index is 11.6. The molecule has 0 spiro atoms. The average molecular weight is 279 g/mol. The number of nitrogens with zero attached hydrogens (tertiary/aromatic N) is 2. The number of nitrogens with one attached hydrogen (secondary N) is 1. The molecule has 1 saturated heterocycles. The van der Waals surface area contributed by atoms with Gasteiger partial charge < -0.3 is 15.2 Å². The SMILES string of the molecule is Cc1cc(NC2(C(=O)O)CCOCC2)nc(C(C)C)n1. The molecule has 20 heavy (non-hydrogen) atoms. The molecule has 0 bridgehead atoms. The summed E-state index contributed by atoms with van der Waals surface area (Å²) < 4.78 is 5.26. The van der Waals surface area contributed by atoms with Crippen LogP contribution in [0.5, 0.6) is 0 Å². The highest BCUT2D eigenvalue weighted by atomic mass is 16.5. The Morgan fingerprint density at radius 2 is 2.05 bits per heavy atom. The number of carboxylic acid groups (broad SMARTS) is 1. The Morgan fingerprint density at radius 3 is 2.60 bits per heavy atom. The fourth-order valence-electron chi connectivity index (χ4n) is 2.27. The van der Waals surface area contributed by atoms with E-state index in [0.29, 0.717) is 31.9 Å². The molecule has 0 atom stereocenters. The molecule has 0 aromatic carbocycles. The first-order valence-corrected chi connectivity index (χ1v) is 6.88. The van der Waals surface area contributed by atoms with E-state index in [1.54, 1.807) is 6.07 Å². The van der Waals surface area contributed by atoms with Crippen LogP contribution in [0.3, 0.4) is 0 Å². The summed E-state index contributed by atoms with van der Waals surface area (Å²) in [6.45, 7) is 6.80. The molecule has 2 rings (SSSR count). The average Bonchev–Trinajstić information content (AvgIpc) is 2.38. The topological polar surface area (TPSA) is 84.3 Å². The van der Waals surface area contributed by atoms with E-state index in [1.807, 2.05) is 20.8 Å². The second-order valence-electron chi connectivity index (χ2n) is 5.53. The number of aryl methyl sites for hydroxylation is 1. The highest BCUT2D eigenvalue weighted by Gasteiger charge is 2.40. The summed E-state index contributed by atoms with van der Waals surface area (Å²) >= 11 is 0. The van der Waals surface area contributed by atoms with Crippen molar-refractivity contribution in [3.05, 3.63) is 17.6 Å². The van der Waals surface area contributed by atoms with Gasteiger partial charge in [0.25, 0.3) is 0 Å². The quantitative estimate of drug-likeness (QED) is 0.876. The van der Waals surface area contributed by atoms with E-state index in [2.05, 4.69) is 15.3 Å². The molecule has 0 unspecified atom stereocenters. The number of anilines is 1. The van der Waals surface area contributed by atoms with Crippen molar-refractivity contribution in [3.8, 4) is 0 Å². The second-order valence-corrected chi connectivity index (χ2v) is 5.53. The van der Waals surface area contributed by atoms with Crippen LogP contribution in [0.15, 0.2) is 6.07 Å². The van der Waals surface area contributed by atoms with Crippen LogP contribution in [0.4, 0.5) is 5.82 Å². The van der Waals surface area contributed by atoms with E-state index in [1.165, 1.54) is 0 Å². The largest absolute Gasteiger partial charge is 0.480 e. The summed E-state index contributed by atoms with van der Waals surface area (Å²) in [7, 11) is 0. The molecule has 0 radical (unpaired) electrons. The zero-order valence-corrected chi connectivity index (χ0v) is 12.1. The van der Waals surface area contributed by atoms with Crippen molar-refractivity contribution in [3.63, 3.8) is 0 Å². The summed E-state index contributed by atoms with van der Waals surface area (Å²) in [5, 5.41) is 12.6. The van der Waals surface area contributed by atoms with Gasteiger partial charge >= 0.3 is 5.97 Å². The molecular formula is C14H21N3O3. The smallest absolute Gasteiger partial charge is 0.329 e. The molecule has 1 aliphatic rings. The number of carboxylic acids is 1. The molecule has 0 amide bonds. The molecule has 0 saturated carbocycles. The summed E-state index contributed by atoms with van der Waals surface area (Å²) in [6.07, 6.45) is 0.866. The van der Waals surface area contributed by atoms with Crippen LogP contribution in [0.25, 0.3) is 0 Å². The Hall–Kier alpha value is -1.69. The van der Waals surface area contributed by atoms with Gasteiger partial charge in [-0.2, -0.15) is 0 Å². The van der Waals surface area contributed by atoms with Crippen LogP contribution in [-0.2, 0) is 9.53 Å². The lowest BCUT2D eigenvalue weighted by molar-refractivity contribution is -0.145. The van der Waals surface area contributed by atoms with Gasteiger partial charge in [-0.1, -0.05) is 13.8 Å². The highest BCUT2D eigenvalue weighted by Crippen LogP contribution is 2.26. The molecule has 2 heterocycles. The van der Waals surface area contributed by atoms with Gasteiger partial charge in [0, 0.05) is 43.7 Å². The van der Waals surface area contributed by atoms with Gasteiger partial charge in [-0.15, -0.1) is 0 Å². The van der Waals surface area contributed by atoms with E-state index in [9.17, 15) is 9.90 Å². The molecular weight excluding hydrogens is 258 g/mol. The Bertz CT molecular complexity index is 496. The maximum absolute atomic E-state index is 11.6. The fourth-order valence-corrected chi connectivity index (χ4v) is 2.27. The molecule has 1 fully saturated rings. The molecule has 1 aromatic heterocycles. The zero-order chi connectivity index (χ0) is 14.8. The van der Waals surface area contributed by atoms with Crippen LogP contribution >= 0.6 is 0 Å². The number of ether oxygens (including phenoxy) is 1. The van der Waals surface area contributed by atoms with Gasteiger partial charge in [-0.05, 0) is 6.92 Å². The Balaban J connectivity index is 2.29. The van der Waals surface area contributed by atoms with E-state index in [4.69, 9.17) is 4.74 Å². The molecule has 0 aliphatic carbocycles. The van der Waals surface area contributed by atoms with Crippen LogP contribution < -0.4 is 5.32 Å². The van der Waals surface area contributed by atoms with E-state index in [0.717, 1.165) is 11.5 Å². The number of hydrogen-bond donors (Lipinski definition) is 2. The van der Waals surface area contributed by atoms with Crippen molar-refractivity contribution in [2.75, 3.05) is 18.5 Å². The molecule has 6 nitrogen and oxygen atoms in total. The minimum Gasteiger partial charge on any atom is -0.480 e. The van der Waals surface area contributed by atoms with Gasteiger partial charge in [0.1, 0.15) is 17.2 Å². The lowest BCUT2D eigenvalue weighted by Crippen LogP contribution is -2.50. The van der Waals surface area contributed by atoms with Gasteiger partial charge in [0.2, 0.25) is 0 Å².